The van der Waals surface area contributed by atoms with E-state index in [4.69, 9.17) is 35.4 Å². The molecule has 154 valence electrons. The number of nitrogens with zero attached hydrogens (tertiary/aromatic N) is 5. The normalized spacial score (nSPS) is 11.0. The maximum Gasteiger partial charge on any atom is 0.173 e. The predicted molar refractivity (Wildman–Crippen MR) is 123 cm³/mol. The molecular weight excluding hydrogens is 427 g/mol. The van der Waals surface area contributed by atoms with Gasteiger partial charge in [-0.25, -0.2) is 0 Å². The van der Waals surface area contributed by atoms with Gasteiger partial charge in [0, 0.05) is 29.8 Å². The van der Waals surface area contributed by atoms with Gasteiger partial charge in [-0.3, -0.25) is 9.36 Å². The van der Waals surface area contributed by atoms with Crippen molar-refractivity contribution in [3.63, 3.8) is 0 Å². The van der Waals surface area contributed by atoms with Crippen LogP contribution in [0.2, 0.25) is 10.0 Å². The highest BCUT2D eigenvalue weighted by Gasteiger charge is 2.16. The summed E-state index contributed by atoms with van der Waals surface area (Å²) in [5, 5.41) is 14.2. The average Bonchev–Trinajstić information content (AvgIpc) is 3.23. The van der Waals surface area contributed by atoms with Crippen molar-refractivity contribution >= 4 is 46.2 Å². The highest BCUT2D eigenvalue weighted by Crippen LogP contribution is 2.25. The summed E-state index contributed by atoms with van der Waals surface area (Å²) in [5.74, 6) is 0. The van der Waals surface area contributed by atoms with Gasteiger partial charge in [0.15, 0.2) is 5.11 Å². The SMILES string of the molecule is CCn1nccc1CN(C)C(=S)Nc1c(C)nn(Cc2ccc(Cl)cc2Cl)c1C. The number of thiocarbonyl (C=S) groups is 1. The number of aromatic nitrogens is 4. The first kappa shape index (κ1) is 21.6. The Kier molecular flexibility index (Phi) is 6.82. The summed E-state index contributed by atoms with van der Waals surface area (Å²) in [7, 11) is 1.96. The Morgan fingerprint density at radius 2 is 1.97 bits per heavy atom. The molecule has 0 saturated carbocycles. The second-order valence-corrected chi connectivity index (χ2v) is 8.09. The largest absolute Gasteiger partial charge is 0.346 e. The molecule has 0 aliphatic carbocycles. The van der Waals surface area contributed by atoms with Gasteiger partial charge < -0.3 is 10.2 Å². The molecule has 0 spiro atoms. The second kappa shape index (κ2) is 9.15. The van der Waals surface area contributed by atoms with E-state index in [-0.39, 0.29) is 0 Å². The first-order valence-electron chi connectivity index (χ1n) is 9.30. The smallest absolute Gasteiger partial charge is 0.173 e. The maximum absolute atomic E-state index is 6.32. The second-order valence-electron chi connectivity index (χ2n) is 6.86. The molecule has 6 nitrogen and oxygen atoms in total. The summed E-state index contributed by atoms with van der Waals surface area (Å²) >= 11 is 17.9. The highest BCUT2D eigenvalue weighted by molar-refractivity contribution is 7.80. The van der Waals surface area contributed by atoms with E-state index in [0.717, 1.165) is 34.9 Å². The average molecular weight is 451 g/mol. The van der Waals surface area contributed by atoms with Gasteiger partial charge in [-0.2, -0.15) is 10.2 Å². The molecule has 1 N–H and O–H groups in total. The third-order valence-corrected chi connectivity index (χ3v) is 5.80. The van der Waals surface area contributed by atoms with Crippen molar-refractivity contribution in [2.45, 2.75) is 40.4 Å². The molecular formula is C20H24Cl2N6S. The maximum atomic E-state index is 6.32. The number of nitrogens with one attached hydrogen (secondary N) is 1. The van der Waals surface area contributed by atoms with Gasteiger partial charge in [0.25, 0.3) is 0 Å². The molecule has 3 rings (SSSR count). The third-order valence-electron chi connectivity index (χ3n) is 4.80. The Morgan fingerprint density at radius 3 is 2.66 bits per heavy atom. The van der Waals surface area contributed by atoms with Crippen molar-refractivity contribution in [3.05, 3.63) is 63.2 Å². The molecule has 0 fully saturated rings. The molecule has 0 radical (unpaired) electrons. The van der Waals surface area contributed by atoms with Crippen LogP contribution in [-0.2, 0) is 19.6 Å². The minimum atomic E-state index is 0.558. The Morgan fingerprint density at radius 1 is 1.21 bits per heavy atom. The van der Waals surface area contributed by atoms with Gasteiger partial charge in [-0.1, -0.05) is 29.3 Å². The van der Waals surface area contributed by atoms with Crippen molar-refractivity contribution in [2.75, 3.05) is 12.4 Å². The van der Waals surface area contributed by atoms with Crippen molar-refractivity contribution in [1.82, 2.24) is 24.5 Å². The zero-order valence-corrected chi connectivity index (χ0v) is 19.2. The molecule has 9 heteroatoms. The van der Waals surface area contributed by atoms with Crippen LogP contribution in [-0.4, -0.2) is 36.6 Å². The molecule has 0 atom stereocenters. The summed E-state index contributed by atoms with van der Waals surface area (Å²) in [6.07, 6.45) is 1.81. The highest BCUT2D eigenvalue weighted by atomic mass is 35.5. The summed E-state index contributed by atoms with van der Waals surface area (Å²) in [5.41, 5.74) is 4.85. The summed E-state index contributed by atoms with van der Waals surface area (Å²) < 4.78 is 3.88. The van der Waals surface area contributed by atoms with Crippen LogP contribution in [0.5, 0.6) is 0 Å². The first-order valence-corrected chi connectivity index (χ1v) is 10.5. The fourth-order valence-electron chi connectivity index (χ4n) is 3.14. The van der Waals surface area contributed by atoms with E-state index < -0.39 is 0 Å². The molecule has 0 aliphatic heterocycles. The number of hydrogen-bond donors (Lipinski definition) is 1. The molecule has 0 aliphatic rings. The minimum Gasteiger partial charge on any atom is -0.346 e. The molecule has 2 aromatic heterocycles. The van der Waals surface area contributed by atoms with Crippen molar-refractivity contribution in [2.24, 2.45) is 0 Å². The lowest BCUT2D eigenvalue weighted by atomic mass is 10.2. The zero-order valence-electron chi connectivity index (χ0n) is 16.9. The number of rotatable bonds is 6. The number of hydrogen-bond acceptors (Lipinski definition) is 3. The molecule has 1 aromatic carbocycles. The van der Waals surface area contributed by atoms with Crippen LogP contribution in [0.15, 0.2) is 30.5 Å². The Labute approximate surface area is 186 Å². The first-order chi connectivity index (χ1) is 13.8. The van der Waals surface area contributed by atoms with Gasteiger partial charge in [-0.05, 0) is 56.8 Å². The number of halogens is 2. The van der Waals surface area contributed by atoms with Crippen LogP contribution in [0.25, 0.3) is 0 Å². The number of benzene rings is 1. The van der Waals surface area contributed by atoms with Crippen molar-refractivity contribution < 1.29 is 0 Å². The summed E-state index contributed by atoms with van der Waals surface area (Å²) in [4.78, 5) is 1.99. The monoisotopic (exact) mass is 450 g/mol. The quantitative estimate of drug-likeness (QED) is 0.541. The van der Waals surface area contributed by atoms with Crippen LogP contribution in [0.4, 0.5) is 5.69 Å². The predicted octanol–water partition coefficient (Wildman–Crippen LogP) is 4.90. The molecule has 2 heterocycles. The topological polar surface area (TPSA) is 50.9 Å². The summed E-state index contributed by atoms with van der Waals surface area (Å²) in [6, 6.07) is 7.50. The van der Waals surface area contributed by atoms with Crippen LogP contribution in [0.3, 0.4) is 0 Å². The van der Waals surface area contributed by atoms with Crippen LogP contribution < -0.4 is 5.32 Å². The minimum absolute atomic E-state index is 0.558. The lowest BCUT2D eigenvalue weighted by Crippen LogP contribution is -2.31. The van der Waals surface area contributed by atoms with Crippen LogP contribution in [0.1, 0.15) is 29.6 Å². The third kappa shape index (κ3) is 4.91. The van der Waals surface area contributed by atoms with Gasteiger partial charge in [0.1, 0.15) is 0 Å². The van der Waals surface area contributed by atoms with Gasteiger partial charge in [0.05, 0.1) is 35.9 Å². The molecule has 0 amide bonds. The van der Waals surface area contributed by atoms with Crippen molar-refractivity contribution in [1.29, 1.82) is 0 Å². The van der Waals surface area contributed by atoms with E-state index in [9.17, 15) is 0 Å². The number of aryl methyl sites for hydroxylation is 2. The molecule has 29 heavy (non-hydrogen) atoms. The summed E-state index contributed by atoms with van der Waals surface area (Å²) in [6.45, 7) is 8.11. The van der Waals surface area contributed by atoms with Crippen molar-refractivity contribution in [3.8, 4) is 0 Å². The standard InChI is InChI=1S/C20H24Cl2N6S/c1-5-27-17(8-9-23-27)12-26(4)20(29)24-19-13(2)25-28(14(19)3)11-15-6-7-16(21)10-18(15)22/h6-10H,5,11-12H2,1-4H3,(H,24,29). The lowest BCUT2D eigenvalue weighted by molar-refractivity contribution is 0.471. The molecule has 3 aromatic rings. The fraction of sp³-hybridized carbons (Fsp3) is 0.350. The molecule has 0 saturated heterocycles. The van der Waals surface area contributed by atoms with E-state index in [0.29, 0.717) is 28.2 Å². The number of anilines is 1. The lowest BCUT2D eigenvalue weighted by Gasteiger charge is -2.21. The molecule has 0 unspecified atom stereocenters. The van der Waals surface area contributed by atoms with E-state index in [2.05, 4.69) is 22.4 Å². The zero-order chi connectivity index (χ0) is 21.1. The fourth-order valence-corrected chi connectivity index (χ4v) is 3.77. The van der Waals surface area contributed by atoms with Crippen LogP contribution in [0, 0.1) is 13.8 Å². The van der Waals surface area contributed by atoms with E-state index in [1.165, 1.54) is 0 Å². The van der Waals surface area contributed by atoms with Gasteiger partial charge in [-0.15, -0.1) is 0 Å². The Hall–Kier alpha value is -2.09. The Bertz CT molecular complexity index is 1030. The van der Waals surface area contributed by atoms with E-state index in [1.807, 2.05) is 59.6 Å². The van der Waals surface area contributed by atoms with Gasteiger partial charge in [0.2, 0.25) is 0 Å². The van der Waals surface area contributed by atoms with E-state index >= 15 is 0 Å². The van der Waals surface area contributed by atoms with E-state index in [1.54, 1.807) is 6.07 Å². The van der Waals surface area contributed by atoms with Crippen LogP contribution >= 0.6 is 35.4 Å². The Balaban J connectivity index is 1.73. The van der Waals surface area contributed by atoms with Gasteiger partial charge >= 0.3 is 0 Å². The molecule has 0 bridgehead atoms.